The Hall–Kier alpha value is -4.73. The van der Waals surface area contributed by atoms with Gasteiger partial charge in [-0.1, -0.05) is 121 Å². The van der Waals surface area contributed by atoms with Gasteiger partial charge in [0.1, 0.15) is 6.04 Å². The highest BCUT2D eigenvalue weighted by molar-refractivity contribution is 7.80. The van der Waals surface area contributed by atoms with Crippen LogP contribution in [0.1, 0.15) is 28.3 Å². The zero-order valence-corrected chi connectivity index (χ0v) is 28.1. The quantitative estimate of drug-likeness (QED) is 0.0727. The largest absolute Gasteiger partial charge is 0.416 e. The molecule has 0 aliphatic heterocycles. The summed E-state index contributed by atoms with van der Waals surface area (Å²) in [4.78, 5) is 14.2. The van der Waals surface area contributed by atoms with Crippen molar-refractivity contribution in [3.8, 4) is 0 Å². The number of benzene rings is 5. The Bertz CT molecular complexity index is 1790. The summed E-state index contributed by atoms with van der Waals surface area (Å²) in [6.07, 6.45) is -8.99. The molecule has 5 aromatic carbocycles. The average Bonchev–Trinajstić information content (AvgIpc) is 3.10. The number of carbonyl (C=O) groups excluding carboxylic acids is 1. The van der Waals surface area contributed by atoms with E-state index in [9.17, 15) is 31.1 Å². The topological polar surface area (TPSA) is 53.2 Å². The van der Waals surface area contributed by atoms with Crippen LogP contribution in [-0.4, -0.2) is 23.2 Å². The minimum atomic E-state index is -5.04. The molecule has 0 spiro atoms. The smallest absolute Gasteiger partial charge is 0.351 e. The molecule has 0 saturated heterocycles. The number of hydrogen-bond donors (Lipinski definition) is 3. The van der Waals surface area contributed by atoms with Crippen LogP contribution in [0.2, 0.25) is 0 Å². The summed E-state index contributed by atoms with van der Waals surface area (Å²) >= 11 is 5.36. The van der Waals surface area contributed by atoms with E-state index in [1.807, 2.05) is 66.7 Å². The van der Waals surface area contributed by atoms with E-state index in [1.165, 1.54) is 0 Å². The lowest BCUT2D eigenvalue weighted by Crippen LogP contribution is -2.47. The zero-order valence-electron chi connectivity index (χ0n) is 26.4. The van der Waals surface area contributed by atoms with Crippen LogP contribution >= 0.6 is 20.1 Å². The molecule has 0 heterocycles. The maximum Gasteiger partial charge on any atom is 0.416 e. The molecule has 0 fully saturated rings. The zero-order chi connectivity index (χ0) is 35.7. The minimum absolute atomic E-state index is 0.0362. The fourth-order valence-electron chi connectivity index (χ4n) is 5.41. The van der Waals surface area contributed by atoms with E-state index < -0.39 is 49.0 Å². The summed E-state index contributed by atoms with van der Waals surface area (Å²) in [5, 5.41) is 10.4. The molecular formula is C38H32F6N3OPS. The van der Waals surface area contributed by atoms with Gasteiger partial charge in [-0.3, -0.25) is 4.79 Å². The van der Waals surface area contributed by atoms with Crippen molar-refractivity contribution in [2.24, 2.45) is 0 Å². The van der Waals surface area contributed by atoms with Crippen molar-refractivity contribution in [1.29, 1.82) is 0 Å². The van der Waals surface area contributed by atoms with Crippen molar-refractivity contribution in [1.82, 2.24) is 10.6 Å². The number of amides is 1. The molecular weight excluding hydrogens is 691 g/mol. The van der Waals surface area contributed by atoms with E-state index in [-0.39, 0.29) is 17.2 Å². The van der Waals surface area contributed by atoms with Gasteiger partial charge in [-0.2, -0.15) is 26.3 Å². The lowest BCUT2D eigenvalue weighted by Gasteiger charge is -2.28. The van der Waals surface area contributed by atoms with Gasteiger partial charge in [0.2, 0.25) is 5.91 Å². The van der Waals surface area contributed by atoms with Crippen molar-refractivity contribution < 1.29 is 31.1 Å². The maximum absolute atomic E-state index is 14.2. The molecule has 0 unspecified atom stereocenters. The van der Waals surface area contributed by atoms with E-state index in [4.69, 9.17) is 12.2 Å². The monoisotopic (exact) mass is 723 g/mol. The average molecular weight is 724 g/mol. The maximum atomic E-state index is 14.2. The van der Waals surface area contributed by atoms with Crippen LogP contribution in [0.5, 0.6) is 0 Å². The number of thiocarbonyl (C=S) groups is 1. The molecule has 3 N–H and O–H groups in total. The standard InChI is InChI=1S/C38H32F6N3OPS/c39-37(40,41)28-22-29(38(42,43)44)24-30(23-28)46-36(50)47-34(27-15-7-2-8-16-27)35(48)45-31(21-26-13-5-1-6-14-26)25-49(32-17-9-3-10-18-32)33-19-11-4-12-20-33/h1-20,22-24,31,34H,21,25H2,(H,45,48)(H2,46,47,50)/t31-,34-/m0/s1. The summed E-state index contributed by atoms with van der Waals surface area (Å²) in [6.45, 7) is 0. The predicted molar refractivity (Wildman–Crippen MR) is 191 cm³/mol. The van der Waals surface area contributed by atoms with Crippen LogP contribution in [-0.2, 0) is 23.6 Å². The highest BCUT2D eigenvalue weighted by Crippen LogP contribution is 2.38. The second-order valence-corrected chi connectivity index (χ2v) is 14.1. The third-order valence-corrected chi connectivity index (χ3v) is 10.6. The SMILES string of the molecule is O=C(N[C@@H](Cc1ccccc1)CP(c1ccccc1)c1ccccc1)[C@@H](NC(=S)Nc1cc(C(F)(F)F)cc(C(F)(F)F)c1)c1ccccc1. The third-order valence-electron chi connectivity index (χ3n) is 7.73. The molecule has 0 aliphatic carbocycles. The second kappa shape index (κ2) is 16.3. The molecule has 0 aromatic heterocycles. The Balaban J connectivity index is 1.44. The molecule has 0 saturated carbocycles. The Labute approximate surface area is 292 Å². The normalized spacial score (nSPS) is 12.9. The molecule has 5 aromatic rings. The highest BCUT2D eigenvalue weighted by atomic mass is 32.1. The summed E-state index contributed by atoms with van der Waals surface area (Å²) in [7, 11) is -0.923. The number of carbonyl (C=O) groups is 1. The van der Waals surface area contributed by atoms with Crippen LogP contribution in [0, 0.1) is 0 Å². The summed E-state index contributed by atoms with van der Waals surface area (Å²) in [6, 6.07) is 37.9. The van der Waals surface area contributed by atoms with Gasteiger partial charge >= 0.3 is 12.4 Å². The van der Waals surface area contributed by atoms with Gasteiger partial charge in [-0.05, 0) is 72.7 Å². The molecule has 0 bridgehead atoms. The Morgan fingerprint density at radius 1 is 0.640 bits per heavy atom. The van der Waals surface area contributed by atoms with Crippen LogP contribution in [0.25, 0.3) is 0 Å². The van der Waals surface area contributed by atoms with Gasteiger partial charge in [-0.15, -0.1) is 0 Å². The van der Waals surface area contributed by atoms with Crippen molar-refractivity contribution in [3.05, 3.63) is 162 Å². The van der Waals surface area contributed by atoms with Crippen molar-refractivity contribution in [2.45, 2.75) is 30.9 Å². The van der Waals surface area contributed by atoms with Gasteiger partial charge in [0.15, 0.2) is 5.11 Å². The number of halogens is 6. The lowest BCUT2D eigenvalue weighted by atomic mass is 10.0. The molecule has 5 rings (SSSR count). The molecule has 4 nitrogen and oxygen atoms in total. The number of alkyl halides is 6. The Kier molecular flexibility index (Phi) is 11.9. The molecule has 0 aliphatic rings. The van der Waals surface area contributed by atoms with E-state index in [1.54, 1.807) is 30.3 Å². The molecule has 12 heteroatoms. The molecule has 2 atom stereocenters. The third kappa shape index (κ3) is 10.2. The van der Waals surface area contributed by atoms with Crippen molar-refractivity contribution in [2.75, 3.05) is 11.5 Å². The van der Waals surface area contributed by atoms with Crippen molar-refractivity contribution >= 4 is 47.5 Å². The number of rotatable bonds is 11. The summed E-state index contributed by atoms with van der Waals surface area (Å²) < 4.78 is 81.0. The van der Waals surface area contributed by atoms with Gasteiger partial charge in [0, 0.05) is 11.7 Å². The van der Waals surface area contributed by atoms with E-state index in [0.29, 0.717) is 30.3 Å². The Morgan fingerprint density at radius 3 is 1.58 bits per heavy atom. The molecule has 258 valence electrons. The van der Waals surface area contributed by atoms with Crippen LogP contribution < -0.4 is 26.6 Å². The lowest BCUT2D eigenvalue weighted by molar-refractivity contribution is -0.143. The molecule has 50 heavy (non-hydrogen) atoms. The first-order valence-electron chi connectivity index (χ1n) is 15.5. The number of hydrogen-bond acceptors (Lipinski definition) is 2. The molecule has 0 radical (unpaired) electrons. The first-order chi connectivity index (χ1) is 23.9. The van der Waals surface area contributed by atoms with E-state index >= 15 is 0 Å². The second-order valence-electron chi connectivity index (χ2n) is 11.4. The fraction of sp³-hybridized carbons (Fsp3) is 0.158. The highest BCUT2D eigenvalue weighted by Gasteiger charge is 2.37. The first-order valence-corrected chi connectivity index (χ1v) is 17.4. The van der Waals surface area contributed by atoms with Gasteiger partial charge < -0.3 is 16.0 Å². The van der Waals surface area contributed by atoms with E-state index in [0.717, 1.165) is 16.2 Å². The molecule has 1 amide bonds. The summed E-state index contributed by atoms with van der Waals surface area (Å²) in [5.41, 5.74) is -2.03. The predicted octanol–water partition coefficient (Wildman–Crippen LogP) is 8.61. The van der Waals surface area contributed by atoms with E-state index in [2.05, 4.69) is 40.2 Å². The fourth-order valence-corrected chi connectivity index (χ4v) is 8.09. The number of nitrogens with one attached hydrogen (secondary N) is 3. The minimum Gasteiger partial charge on any atom is -0.351 e. The van der Waals surface area contributed by atoms with Crippen LogP contribution in [0.15, 0.2) is 140 Å². The Morgan fingerprint density at radius 2 is 1.10 bits per heavy atom. The number of anilines is 1. The summed E-state index contributed by atoms with van der Waals surface area (Å²) in [5.74, 6) is -0.475. The van der Waals surface area contributed by atoms with Crippen LogP contribution in [0.3, 0.4) is 0 Å². The van der Waals surface area contributed by atoms with Gasteiger partial charge in [0.05, 0.1) is 11.1 Å². The van der Waals surface area contributed by atoms with Crippen LogP contribution in [0.4, 0.5) is 32.0 Å². The van der Waals surface area contributed by atoms with Gasteiger partial charge in [0.25, 0.3) is 0 Å². The van der Waals surface area contributed by atoms with Crippen molar-refractivity contribution in [3.63, 3.8) is 0 Å². The van der Waals surface area contributed by atoms with Gasteiger partial charge in [-0.25, -0.2) is 0 Å². The first kappa shape index (κ1) is 36.5.